The molecule has 6 heteroatoms. The molecule has 0 aromatic carbocycles. The van der Waals surface area contributed by atoms with Crippen molar-refractivity contribution < 1.29 is 24.5 Å². The van der Waals surface area contributed by atoms with E-state index in [0.717, 1.165) is 70.6 Å². The van der Waals surface area contributed by atoms with E-state index in [2.05, 4.69) is 55.6 Å². The molecule has 0 saturated heterocycles. The fraction of sp³-hybridized carbons (Fsp3) is 0.844. The Morgan fingerprint density at radius 1 is 0.400 bits per heavy atom. The lowest BCUT2D eigenvalue weighted by atomic mass is 10.0. The number of ether oxygens (including phenoxy) is 1. The number of rotatable bonds is 57. The van der Waals surface area contributed by atoms with Gasteiger partial charge in [0.1, 0.15) is 0 Å². The number of esters is 1. The van der Waals surface area contributed by atoms with Crippen LogP contribution in [0.25, 0.3) is 0 Å². The van der Waals surface area contributed by atoms with Crippen LogP contribution in [0.5, 0.6) is 0 Å². The zero-order chi connectivity index (χ0) is 50.7. The Morgan fingerprint density at radius 3 is 1.13 bits per heavy atom. The molecular weight excluding hydrogens is 863 g/mol. The standard InChI is InChI=1S/C64H119NO5/c1-3-5-7-9-11-13-15-17-19-21-23-25-30-34-38-42-46-50-54-58-64(69)70-59-55-51-47-43-39-35-31-27-26-29-33-37-41-45-49-53-57-63(68)65-61(60-66)62(67)56-52-48-44-40-36-32-28-24-22-20-18-16-14-12-10-8-6-4-2/h11,13,17,19,26,29,52,56,61-62,66-67H,3-10,12,14-16,18,20-25,27-28,30-51,53-55,57-60H2,1-2H3,(H,65,68)/b13-11-,19-17-,29-26-,56-52+. The summed E-state index contributed by atoms with van der Waals surface area (Å²) in [6.45, 7) is 4.87. The van der Waals surface area contributed by atoms with Crippen LogP contribution in [0.3, 0.4) is 0 Å². The van der Waals surface area contributed by atoms with E-state index in [-0.39, 0.29) is 18.5 Å². The fourth-order valence-electron chi connectivity index (χ4n) is 9.31. The first-order valence-electron chi connectivity index (χ1n) is 30.9. The summed E-state index contributed by atoms with van der Waals surface area (Å²) in [5, 5.41) is 23.2. The Bertz CT molecular complexity index is 1180. The minimum absolute atomic E-state index is 0.00773. The van der Waals surface area contributed by atoms with E-state index in [9.17, 15) is 19.8 Å². The Morgan fingerprint density at radius 2 is 0.714 bits per heavy atom. The molecule has 70 heavy (non-hydrogen) atoms. The lowest BCUT2D eigenvalue weighted by Crippen LogP contribution is -2.45. The van der Waals surface area contributed by atoms with E-state index >= 15 is 0 Å². The number of aliphatic hydroxyl groups is 2. The number of carbonyl (C=O) groups excluding carboxylic acids is 2. The molecule has 0 aliphatic carbocycles. The van der Waals surface area contributed by atoms with Gasteiger partial charge in [-0.05, 0) is 89.9 Å². The number of hydrogen-bond donors (Lipinski definition) is 3. The SMILES string of the molecule is CCCCC/C=C\C/C=C\CCCCCCCCCCCC(=O)OCCCCCCCCC/C=C\CCCCCCCC(=O)NC(CO)C(O)/C=C/CCCCCCCCCCCCCCCCCC. The topological polar surface area (TPSA) is 95.9 Å². The van der Waals surface area contributed by atoms with Crippen molar-refractivity contribution in [3.63, 3.8) is 0 Å². The maximum absolute atomic E-state index is 12.5. The summed E-state index contributed by atoms with van der Waals surface area (Å²) in [5.74, 6) is -0.0917. The van der Waals surface area contributed by atoms with Crippen LogP contribution in [0, 0.1) is 0 Å². The minimum atomic E-state index is -0.857. The Balaban J connectivity index is 3.49. The summed E-state index contributed by atoms with van der Waals surface area (Å²) in [7, 11) is 0. The average molecular weight is 983 g/mol. The molecule has 0 aromatic heterocycles. The number of allylic oxidation sites excluding steroid dienone is 7. The Labute approximate surface area is 436 Å². The maximum atomic E-state index is 12.5. The van der Waals surface area contributed by atoms with Crippen molar-refractivity contribution in [1.82, 2.24) is 5.32 Å². The van der Waals surface area contributed by atoms with Crippen LogP contribution >= 0.6 is 0 Å². The zero-order valence-electron chi connectivity index (χ0n) is 46.7. The molecule has 6 nitrogen and oxygen atoms in total. The van der Waals surface area contributed by atoms with Gasteiger partial charge in [-0.25, -0.2) is 0 Å². The summed E-state index contributed by atoms with van der Waals surface area (Å²) in [4.78, 5) is 24.6. The largest absolute Gasteiger partial charge is 0.466 e. The molecule has 0 bridgehead atoms. The third-order valence-electron chi connectivity index (χ3n) is 14.1. The molecule has 410 valence electrons. The monoisotopic (exact) mass is 982 g/mol. The van der Waals surface area contributed by atoms with Gasteiger partial charge in [0.05, 0.1) is 25.4 Å². The van der Waals surface area contributed by atoms with Crippen molar-refractivity contribution in [3.05, 3.63) is 48.6 Å². The zero-order valence-corrected chi connectivity index (χ0v) is 46.7. The molecular formula is C64H119NO5. The Kier molecular flexibility index (Phi) is 57.5. The number of hydrogen-bond acceptors (Lipinski definition) is 5. The van der Waals surface area contributed by atoms with Gasteiger partial charge in [0.25, 0.3) is 0 Å². The van der Waals surface area contributed by atoms with Crippen LogP contribution in [0.2, 0.25) is 0 Å². The molecule has 0 aromatic rings. The normalized spacial score (nSPS) is 12.9. The third-order valence-corrected chi connectivity index (χ3v) is 14.1. The van der Waals surface area contributed by atoms with Crippen molar-refractivity contribution in [2.75, 3.05) is 13.2 Å². The molecule has 1 amide bonds. The minimum Gasteiger partial charge on any atom is -0.466 e. The van der Waals surface area contributed by atoms with Gasteiger partial charge in [-0.3, -0.25) is 9.59 Å². The molecule has 0 spiro atoms. The number of carbonyl (C=O) groups is 2. The smallest absolute Gasteiger partial charge is 0.305 e. The van der Waals surface area contributed by atoms with E-state index in [4.69, 9.17) is 4.74 Å². The van der Waals surface area contributed by atoms with Crippen molar-refractivity contribution >= 4 is 11.9 Å². The number of aliphatic hydroxyl groups excluding tert-OH is 2. The summed E-state index contributed by atoms with van der Waals surface area (Å²) < 4.78 is 5.48. The fourth-order valence-corrected chi connectivity index (χ4v) is 9.31. The predicted octanol–water partition coefficient (Wildman–Crippen LogP) is 19.4. The van der Waals surface area contributed by atoms with Crippen molar-refractivity contribution in [2.24, 2.45) is 0 Å². The molecule has 0 radical (unpaired) electrons. The van der Waals surface area contributed by atoms with E-state index in [1.54, 1.807) is 6.08 Å². The highest BCUT2D eigenvalue weighted by molar-refractivity contribution is 5.76. The van der Waals surface area contributed by atoms with E-state index in [0.29, 0.717) is 19.4 Å². The van der Waals surface area contributed by atoms with E-state index in [1.807, 2.05) is 6.08 Å². The van der Waals surface area contributed by atoms with Crippen molar-refractivity contribution in [1.29, 1.82) is 0 Å². The lowest BCUT2D eigenvalue weighted by molar-refractivity contribution is -0.143. The molecule has 0 aliphatic heterocycles. The molecule has 0 saturated carbocycles. The second-order valence-corrected chi connectivity index (χ2v) is 21.0. The highest BCUT2D eigenvalue weighted by Gasteiger charge is 2.18. The van der Waals surface area contributed by atoms with Gasteiger partial charge in [0.15, 0.2) is 0 Å². The van der Waals surface area contributed by atoms with Crippen LogP contribution in [-0.4, -0.2) is 47.4 Å². The van der Waals surface area contributed by atoms with E-state index < -0.39 is 12.1 Å². The van der Waals surface area contributed by atoms with Crippen molar-refractivity contribution in [2.45, 2.75) is 334 Å². The van der Waals surface area contributed by atoms with Gasteiger partial charge in [0.2, 0.25) is 5.91 Å². The molecule has 2 unspecified atom stereocenters. The number of unbranched alkanes of at least 4 members (excludes halogenated alkanes) is 40. The molecule has 0 heterocycles. The van der Waals surface area contributed by atoms with Crippen molar-refractivity contribution in [3.8, 4) is 0 Å². The van der Waals surface area contributed by atoms with Gasteiger partial charge >= 0.3 is 5.97 Å². The quantitative estimate of drug-likeness (QED) is 0.0321. The summed E-state index contributed by atoms with van der Waals surface area (Å²) in [5.41, 5.74) is 0. The van der Waals surface area contributed by atoms with Gasteiger partial charge in [-0.15, -0.1) is 0 Å². The van der Waals surface area contributed by atoms with Gasteiger partial charge in [0, 0.05) is 12.8 Å². The van der Waals surface area contributed by atoms with Gasteiger partial charge in [-0.1, -0.05) is 268 Å². The summed E-state index contributed by atoms with van der Waals surface area (Å²) in [6, 6.07) is -0.642. The first kappa shape index (κ1) is 67.8. The lowest BCUT2D eigenvalue weighted by Gasteiger charge is -2.20. The van der Waals surface area contributed by atoms with E-state index in [1.165, 1.54) is 225 Å². The van der Waals surface area contributed by atoms with Crippen LogP contribution in [0.4, 0.5) is 0 Å². The highest BCUT2D eigenvalue weighted by Crippen LogP contribution is 2.16. The first-order valence-corrected chi connectivity index (χ1v) is 30.9. The third kappa shape index (κ3) is 55.1. The molecule has 2 atom stereocenters. The highest BCUT2D eigenvalue weighted by atomic mass is 16.5. The van der Waals surface area contributed by atoms with Crippen LogP contribution < -0.4 is 5.32 Å². The predicted molar refractivity (Wildman–Crippen MR) is 306 cm³/mol. The number of nitrogens with one attached hydrogen (secondary N) is 1. The molecule has 3 N–H and O–H groups in total. The molecule has 0 fully saturated rings. The molecule has 0 aliphatic rings. The number of amides is 1. The van der Waals surface area contributed by atoms with Gasteiger partial charge < -0.3 is 20.3 Å². The second kappa shape index (κ2) is 59.4. The van der Waals surface area contributed by atoms with Crippen LogP contribution in [0.15, 0.2) is 48.6 Å². The molecule has 0 rings (SSSR count). The average Bonchev–Trinajstić information content (AvgIpc) is 3.36. The maximum Gasteiger partial charge on any atom is 0.305 e. The first-order chi connectivity index (χ1) is 34.5. The van der Waals surface area contributed by atoms with Gasteiger partial charge in [-0.2, -0.15) is 0 Å². The second-order valence-electron chi connectivity index (χ2n) is 21.0. The van der Waals surface area contributed by atoms with Crippen LogP contribution in [-0.2, 0) is 14.3 Å². The summed E-state index contributed by atoms with van der Waals surface area (Å²) >= 11 is 0. The Hall–Kier alpha value is -2.18. The summed E-state index contributed by atoms with van der Waals surface area (Å²) in [6.07, 6.45) is 75.7. The van der Waals surface area contributed by atoms with Crippen LogP contribution in [0.1, 0.15) is 322 Å².